The van der Waals surface area contributed by atoms with Crippen molar-refractivity contribution >= 4 is 11.9 Å². The lowest BCUT2D eigenvalue weighted by atomic mass is 9.73. The van der Waals surface area contributed by atoms with Gasteiger partial charge in [0, 0.05) is 18.3 Å². The predicted molar refractivity (Wildman–Crippen MR) is 327 cm³/mol. The number of hydrogen-bond donors (Lipinski definition) is 5. The number of phenolic OH excluding ortho intramolecular Hbond substituents is 4. The van der Waals surface area contributed by atoms with Crippen molar-refractivity contribution in [2.24, 2.45) is 5.41 Å². The summed E-state index contributed by atoms with van der Waals surface area (Å²) in [5.41, 5.74) is 9.64. The van der Waals surface area contributed by atoms with E-state index in [-0.39, 0.29) is 67.5 Å². The first-order valence-corrected chi connectivity index (χ1v) is 28.9. The summed E-state index contributed by atoms with van der Waals surface area (Å²) in [5.74, 6) is 0.430. The molecule has 0 saturated carbocycles. The van der Waals surface area contributed by atoms with Crippen LogP contribution >= 0.6 is 0 Å². The molecule has 0 atom stereocenters. The van der Waals surface area contributed by atoms with Crippen LogP contribution in [0.2, 0.25) is 0 Å². The third-order valence-corrected chi connectivity index (χ3v) is 15.6. The Morgan fingerprint density at radius 3 is 0.756 bits per heavy atom. The van der Waals surface area contributed by atoms with Crippen molar-refractivity contribution in [1.82, 2.24) is 0 Å². The highest BCUT2D eigenvalue weighted by Gasteiger charge is 2.34. The topological polar surface area (TPSA) is 145 Å². The van der Waals surface area contributed by atoms with Crippen LogP contribution in [0.4, 0.5) is 0 Å². The number of aliphatic carboxylic acids is 1. The number of aromatic hydroxyl groups is 4. The molecule has 8 heteroatoms. The number of rotatable bonds is 15. The molecule has 4 aromatic carbocycles. The molecule has 436 valence electrons. The summed E-state index contributed by atoms with van der Waals surface area (Å²) in [5, 5.41) is 53.6. The standard InChI is InChI=1S/C53H82O5.C17H26O3/c1-20-53(25-23-35-29-39(49(8,9)10)45(56)40(30-35)50(11,12)13,26-24-36-31-41(51(14,15)16)46(57)42(32-36)52(17,18)19)33-58-43(54)22-21-34-27-37(47(2,3)4)44(55)38(28-34)48(5,6)7;1-16(2,3)12-9-11(7-8-14(18)19)10-13(15(12)20)17(4,5)6/h27-32,55-57H,20-26,33H2,1-19H3;9-10,20H,7-8H2,1-6H3,(H,18,19). The summed E-state index contributed by atoms with van der Waals surface area (Å²) < 4.78 is 6.30. The molecule has 8 nitrogen and oxygen atoms in total. The lowest BCUT2D eigenvalue weighted by molar-refractivity contribution is -0.147. The van der Waals surface area contributed by atoms with E-state index in [1.165, 1.54) is 11.1 Å². The van der Waals surface area contributed by atoms with Crippen molar-refractivity contribution in [2.45, 2.75) is 274 Å². The van der Waals surface area contributed by atoms with Crippen molar-refractivity contribution in [3.63, 3.8) is 0 Å². The van der Waals surface area contributed by atoms with Gasteiger partial charge in [-0.3, -0.25) is 9.59 Å². The second-order valence-corrected chi connectivity index (χ2v) is 31.1. The van der Waals surface area contributed by atoms with Crippen molar-refractivity contribution in [1.29, 1.82) is 0 Å². The Balaban J connectivity index is 0.000000669. The van der Waals surface area contributed by atoms with E-state index in [4.69, 9.17) is 9.84 Å². The average molecular weight is 1080 g/mol. The van der Waals surface area contributed by atoms with Crippen LogP contribution in [0.15, 0.2) is 48.5 Å². The van der Waals surface area contributed by atoms with Gasteiger partial charge >= 0.3 is 11.9 Å². The summed E-state index contributed by atoms with van der Waals surface area (Å²) in [6.45, 7) is 53.2. The minimum Gasteiger partial charge on any atom is -0.507 e. The molecule has 0 bridgehead atoms. The van der Waals surface area contributed by atoms with Gasteiger partial charge < -0.3 is 30.3 Å². The molecule has 0 aliphatic rings. The first-order chi connectivity index (χ1) is 35.0. The van der Waals surface area contributed by atoms with Crippen molar-refractivity contribution in [2.75, 3.05) is 6.61 Å². The fourth-order valence-electron chi connectivity index (χ4n) is 10.3. The second kappa shape index (κ2) is 24.4. The molecule has 0 spiro atoms. The minimum absolute atomic E-state index is 0.109. The molecule has 0 aliphatic carbocycles. The van der Waals surface area contributed by atoms with Gasteiger partial charge in [0.1, 0.15) is 23.0 Å². The molecule has 0 fully saturated rings. The molecule has 0 aliphatic heterocycles. The van der Waals surface area contributed by atoms with E-state index in [0.29, 0.717) is 42.4 Å². The van der Waals surface area contributed by atoms with Gasteiger partial charge in [0.2, 0.25) is 0 Å². The normalized spacial score (nSPS) is 13.3. The van der Waals surface area contributed by atoms with E-state index in [1.807, 2.05) is 12.1 Å². The molecule has 4 rings (SSSR count). The molecule has 0 aromatic heterocycles. The predicted octanol–water partition coefficient (Wildman–Crippen LogP) is 17.7. The lowest BCUT2D eigenvalue weighted by Crippen LogP contribution is -2.30. The van der Waals surface area contributed by atoms with Gasteiger partial charge in [-0.15, -0.1) is 0 Å². The number of benzene rings is 4. The highest BCUT2D eigenvalue weighted by molar-refractivity contribution is 5.70. The van der Waals surface area contributed by atoms with Crippen LogP contribution in [0.3, 0.4) is 0 Å². The molecular weight excluding hydrogens is 969 g/mol. The number of aryl methyl sites for hydroxylation is 4. The first kappa shape index (κ1) is 67.3. The molecule has 0 radical (unpaired) electrons. The average Bonchev–Trinajstić information content (AvgIpc) is 3.25. The Morgan fingerprint density at radius 1 is 0.359 bits per heavy atom. The number of phenols is 4. The lowest BCUT2D eigenvalue weighted by Gasteiger charge is -2.34. The largest absolute Gasteiger partial charge is 0.507 e. The summed E-state index contributed by atoms with van der Waals surface area (Å²) >= 11 is 0. The number of hydrogen-bond acceptors (Lipinski definition) is 7. The zero-order valence-electron chi connectivity index (χ0n) is 53.7. The Hall–Kier alpha value is -4.98. The SMILES string of the molecule is CC(C)(C)c1cc(CCC(=O)O)cc(C(C)(C)C)c1O.CCC(CCc1cc(C(C)(C)C)c(O)c(C(C)(C)C)c1)(CCc1cc(C(C)(C)C)c(O)c(C(C)(C)C)c1)COC(=O)CCc1cc(C(C)(C)C)c(O)c(C(C)(C)C)c1. The third kappa shape index (κ3) is 18.3. The maximum absolute atomic E-state index is 13.7. The summed E-state index contributed by atoms with van der Waals surface area (Å²) in [6.07, 6.45) is 5.40. The Labute approximate surface area is 474 Å². The van der Waals surface area contributed by atoms with Crippen LogP contribution < -0.4 is 0 Å². The number of carboxylic acid groups (broad SMARTS) is 1. The fraction of sp³-hybridized carbons (Fsp3) is 0.629. The number of carbonyl (C=O) groups is 2. The molecule has 0 unspecified atom stereocenters. The van der Waals surface area contributed by atoms with E-state index >= 15 is 0 Å². The Kier molecular flexibility index (Phi) is 21.0. The first-order valence-electron chi connectivity index (χ1n) is 28.9. The fourth-order valence-corrected chi connectivity index (χ4v) is 10.3. The maximum Gasteiger partial charge on any atom is 0.306 e. The zero-order valence-corrected chi connectivity index (χ0v) is 53.7. The second-order valence-electron chi connectivity index (χ2n) is 31.1. The van der Waals surface area contributed by atoms with Crippen LogP contribution in [0.5, 0.6) is 23.0 Å². The van der Waals surface area contributed by atoms with E-state index in [1.54, 1.807) is 0 Å². The van der Waals surface area contributed by atoms with Crippen molar-refractivity contribution in [3.8, 4) is 23.0 Å². The van der Waals surface area contributed by atoms with E-state index in [9.17, 15) is 30.0 Å². The molecule has 0 amide bonds. The van der Waals surface area contributed by atoms with Crippen LogP contribution in [-0.4, -0.2) is 44.1 Å². The summed E-state index contributed by atoms with van der Waals surface area (Å²) in [7, 11) is 0. The molecule has 0 heterocycles. The molecule has 78 heavy (non-hydrogen) atoms. The van der Waals surface area contributed by atoms with Gasteiger partial charge in [0.25, 0.3) is 0 Å². The molecule has 0 saturated heterocycles. The Bertz CT molecular complexity index is 2490. The molecular formula is C70H108O8. The van der Waals surface area contributed by atoms with Gasteiger partial charge in [-0.25, -0.2) is 0 Å². The summed E-state index contributed by atoms with van der Waals surface area (Å²) in [6, 6.07) is 16.7. The van der Waals surface area contributed by atoms with Gasteiger partial charge in [-0.05, 0) is 155 Å². The van der Waals surface area contributed by atoms with E-state index in [2.05, 4.69) is 209 Å². The highest BCUT2D eigenvalue weighted by atomic mass is 16.5. The smallest absolute Gasteiger partial charge is 0.306 e. The van der Waals surface area contributed by atoms with Gasteiger partial charge in [0.05, 0.1) is 6.61 Å². The Morgan fingerprint density at radius 2 is 0.564 bits per heavy atom. The van der Waals surface area contributed by atoms with Crippen LogP contribution in [-0.2, 0) is 83.3 Å². The highest BCUT2D eigenvalue weighted by Crippen LogP contribution is 2.45. The zero-order chi connectivity index (χ0) is 60.3. The number of carbonyl (C=O) groups excluding carboxylic acids is 1. The van der Waals surface area contributed by atoms with E-state index in [0.717, 1.165) is 87.7 Å². The van der Waals surface area contributed by atoms with Gasteiger partial charge in [0.15, 0.2) is 0 Å². The monoisotopic (exact) mass is 1080 g/mol. The van der Waals surface area contributed by atoms with Gasteiger partial charge in [-0.2, -0.15) is 0 Å². The van der Waals surface area contributed by atoms with Crippen LogP contribution in [0.1, 0.15) is 272 Å². The van der Waals surface area contributed by atoms with Crippen molar-refractivity contribution in [3.05, 3.63) is 115 Å². The minimum atomic E-state index is -0.798. The number of ether oxygens (including phenoxy) is 1. The molecule has 4 aromatic rings. The number of esters is 1. The van der Waals surface area contributed by atoms with Gasteiger partial charge in [-0.1, -0.05) is 222 Å². The quantitative estimate of drug-likeness (QED) is 0.0741. The van der Waals surface area contributed by atoms with Crippen LogP contribution in [0.25, 0.3) is 0 Å². The third-order valence-electron chi connectivity index (χ3n) is 15.6. The van der Waals surface area contributed by atoms with Crippen LogP contribution in [0, 0.1) is 5.41 Å². The van der Waals surface area contributed by atoms with E-state index < -0.39 is 5.97 Å². The summed E-state index contributed by atoms with van der Waals surface area (Å²) in [4.78, 5) is 24.5. The number of carboxylic acids is 1. The van der Waals surface area contributed by atoms with Crippen molar-refractivity contribution < 1.29 is 39.9 Å². The maximum atomic E-state index is 13.7. The molecule has 5 N–H and O–H groups in total.